The minimum atomic E-state index is -0.652. The summed E-state index contributed by atoms with van der Waals surface area (Å²) in [6.07, 6.45) is -0.652. The average Bonchev–Trinajstić information content (AvgIpc) is 2.40. The Morgan fingerprint density at radius 1 is 1.35 bits per heavy atom. The van der Waals surface area contributed by atoms with Crippen LogP contribution in [0.25, 0.3) is 0 Å². The Hall–Kier alpha value is -1.10. The number of halogens is 3. The molecular weight excluding hydrogens is 347 g/mol. The lowest BCUT2D eigenvalue weighted by Gasteiger charge is -2.14. The van der Waals surface area contributed by atoms with Gasteiger partial charge in [-0.1, -0.05) is 45.7 Å². The number of aliphatic hydroxyl groups excluding tert-OH is 1. The maximum Gasteiger partial charge on any atom is 0.142 e. The molecule has 0 unspecified atom stereocenters. The quantitative estimate of drug-likeness (QED) is 0.843. The van der Waals surface area contributed by atoms with E-state index in [1.807, 2.05) is 6.07 Å². The van der Waals surface area contributed by atoms with Gasteiger partial charge in [0.2, 0.25) is 0 Å². The van der Waals surface area contributed by atoms with Crippen molar-refractivity contribution in [2.75, 3.05) is 0 Å². The molecule has 0 bridgehead atoms. The monoisotopic (exact) mass is 358 g/mol. The molecule has 0 fully saturated rings. The molecular formula is C15H13BrClFO2. The van der Waals surface area contributed by atoms with Crippen LogP contribution in [-0.4, -0.2) is 5.11 Å². The van der Waals surface area contributed by atoms with E-state index in [0.29, 0.717) is 16.9 Å². The molecule has 0 amide bonds. The fourth-order valence-corrected chi connectivity index (χ4v) is 2.31. The third kappa shape index (κ3) is 3.51. The smallest absolute Gasteiger partial charge is 0.142 e. The van der Waals surface area contributed by atoms with Crippen LogP contribution in [0.5, 0.6) is 5.75 Å². The van der Waals surface area contributed by atoms with Crippen molar-refractivity contribution < 1.29 is 14.2 Å². The van der Waals surface area contributed by atoms with Crippen LogP contribution in [0.15, 0.2) is 40.9 Å². The van der Waals surface area contributed by atoms with Crippen LogP contribution < -0.4 is 4.74 Å². The van der Waals surface area contributed by atoms with E-state index in [-0.39, 0.29) is 11.6 Å². The molecule has 2 aromatic carbocycles. The van der Waals surface area contributed by atoms with Crippen LogP contribution in [0.3, 0.4) is 0 Å². The molecule has 1 atom stereocenters. The molecule has 0 aromatic heterocycles. The van der Waals surface area contributed by atoms with Gasteiger partial charge >= 0.3 is 0 Å². The van der Waals surface area contributed by atoms with E-state index in [0.717, 1.165) is 4.47 Å². The fraction of sp³-hybridized carbons (Fsp3) is 0.200. The van der Waals surface area contributed by atoms with Gasteiger partial charge in [-0.05, 0) is 25.1 Å². The van der Waals surface area contributed by atoms with Crippen molar-refractivity contribution in [2.24, 2.45) is 0 Å². The van der Waals surface area contributed by atoms with Gasteiger partial charge in [-0.15, -0.1) is 0 Å². The maximum absolute atomic E-state index is 13.3. The fourth-order valence-electron chi connectivity index (χ4n) is 1.79. The lowest BCUT2D eigenvalue weighted by atomic mass is 10.1. The van der Waals surface area contributed by atoms with Gasteiger partial charge in [-0.2, -0.15) is 0 Å². The highest BCUT2D eigenvalue weighted by Gasteiger charge is 2.11. The molecule has 1 N–H and O–H groups in total. The minimum Gasteiger partial charge on any atom is -0.488 e. The second kappa shape index (κ2) is 6.57. The van der Waals surface area contributed by atoms with Crippen molar-refractivity contribution >= 4 is 27.5 Å². The first-order valence-electron chi connectivity index (χ1n) is 6.02. The standard InChI is InChI=1S/C15H13BrClFO2/c1-9(19)12-6-5-11(16)7-14(12)20-8-10-3-2-4-13(18)15(10)17/h2-7,9,19H,8H2,1H3/t9-/m1/s1. The van der Waals surface area contributed by atoms with Gasteiger partial charge < -0.3 is 9.84 Å². The molecule has 0 radical (unpaired) electrons. The van der Waals surface area contributed by atoms with Crippen molar-refractivity contribution in [2.45, 2.75) is 19.6 Å². The molecule has 0 aliphatic carbocycles. The van der Waals surface area contributed by atoms with E-state index in [1.54, 1.807) is 31.2 Å². The summed E-state index contributed by atoms with van der Waals surface area (Å²) in [5.74, 6) is 0.0625. The Kier molecular flexibility index (Phi) is 5.02. The Balaban J connectivity index is 2.22. The highest BCUT2D eigenvalue weighted by atomic mass is 79.9. The largest absolute Gasteiger partial charge is 0.488 e. The first-order valence-corrected chi connectivity index (χ1v) is 7.19. The van der Waals surface area contributed by atoms with E-state index >= 15 is 0 Å². The summed E-state index contributed by atoms with van der Waals surface area (Å²) in [6, 6.07) is 9.94. The molecule has 2 rings (SSSR count). The average molecular weight is 360 g/mol. The van der Waals surface area contributed by atoms with Crippen LogP contribution in [0.1, 0.15) is 24.2 Å². The number of hydrogen-bond donors (Lipinski definition) is 1. The van der Waals surface area contributed by atoms with Gasteiger partial charge in [0.05, 0.1) is 11.1 Å². The van der Waals surface area contributed by atoms with Crippen molar-refractivity contribution in [3.63, 3.8) is 0 Å². The van der Waals surface area contributed by atoms with Crippen LogP contribution in [0, 0.1) is 5.82 Å². The number of rotatable bonds is 4. The zero-order valence-corrected chi connectivity index (χ0v) is 13.1. The van der Waals surface area contributed by atoms with Crippen LogP contribution >= 0.6 is 27.5 Å². The van der Waals surface area contributed by atoms with Gasteiger partial charge in [-0.3, -0.25) is 0 Å². The molecule has 0 aliphatic heterocycles. The third-order valence-corrected chi connectivity index (χ3v) is 3.76. The number of aliphatic hydroxyl groups is 1. The molecule has 5 heteroatoms. The number of ether oxygens (including phenoxy) is 1. The van der Waals surface area contributed by atoms with Crippen LogP contribution in [-0.2, 0) is 6.61 Å². The van der Waals surface area contributed by atoms with Gasteiger partial charge in [0.25, 0.3) is 0 Å². The number of hydrogen-bond acceptors (Lipinski definition) is 2. The Morgan fingerprint density at radius 3 is 2.80 bits per heavy atom. The maximum atomic E-state index is 13.3. The lowest BCUT2D eigenvalue weighted by molar-refractivity contribution is 0.190. The van der Waals surface area contributed by atoms with E-state index in [4.69, 9.17) is 16.3 Å². The Morgan fingerprint density at radius 2 is 2.10 bits per heavy atom. The van der Waals surface area contributed by atoms with E-state index < -0.39 is 11.9 Å². The second-order valence-electron chi connectivity index (χ2n) is 4.36. The zero-order valence-electron chi connectivity index (χ0n) is 10.7. The van der Waals surface area contributed by atoms with Crippen molar-refractivity contribution in [1.82, 2.24) is 0 Å². The molecule has 2 nitrogen and oxygen atoms in total. The summed E-state index contributed by atoms with van der Waals surface area (Å²) in [6.45, 7) is 1.79. The molecule has 0 aliphatic rings. The molecule has 106 valence electrons. The first kappa shape index (κ1) is 15.3. The molecule has 0 saturated carbocycles. The van der Waals surface area contributed by atoms with Crippen LogP contribution in [0.4, 0.5) is 4.39 Å². The zero-order chi connectivity index (χ0) is 14.7. The van der Waals surface area contributed by atoms with Crippen molar-refractivity contribution in [1.29, 1.82) is 0 Å². The first-order chi connectivity index (χ1) is 9.49. The van der Waals surface area contributed by atoms with E-state index in [9.17, 15) is 9.50 Å². The molecule has 2 aromatic rings. The summed E-state index contributed by atoms with van der Waals surface area (Å²) >= 11 is 9.23. The summed E-state index contributed by atoms with van der Waals surface area (Å²) in [7, 11) is 0. The topological polar surface area (TPSA) is 29.5 Å². The van der Waals surface area contributed by atoms with Gasteiger partial charge in [0.15, 0.2) is 0 Å². The second-order valence-corrected chi connectivity index (χ2v) is 5.65. The number of benzene rings is 2. The van der Waals surface area contributed by atoms with Gasteiger partial charge in [0, 0.05) is 15.6 Å². The molecule has 0 spiro atoms. The van der Waals surface area contributed by atoms with Crippen molar-refractivity contribution in [3.8, 4) is 5.75 Å². The summed E-state index contributed by atoms with van der Waals surface area (Å²) in [4.78, 5) is 0. The van der Waals surface area contributed by atoms with Gasteiger partial charge in [-0.25, -0.2) is 4.39 Å². The molecule has 0 saturated heterocycles. The van der Waals surface area contributed by atoms with E-state index in [2.05, 4.69) is 15.9 Å². The third-order valence-electron chi connectivity index (χ3n) is 2.84. The lowest BCUT2D eigenvalue weighted by Crippen LogP contribution is -2.02. The highest BCUT2D eigenvalue weighted by Crippen LogP contribution is 2.30. The summed E-state index contributed by atoms with van der Waals surface area (Å²) in [5, 5.41) is 9.77. The normalized spacial score (nSPS) is 12.2. The molecule has 20 heavy (non-hydrogen) atoms. The minimum absolute atomic E-state index is 0.0566. The predicted molar refractivity (Wildman–Crippen MR) is 80.5 cm³/mol. The Bertz CT molecular complexity index is 617. The summed E-state index contributed by atoms with van der Waals surface area (Å²) in [5.41, 5.74) is 1.23. The van der Waals surface area contributed by atoms with Gasteiger partial charge in [0.1, 0.15) is 18.2 Å². The van der Waals surface area contributed by atoms with Crippen molar-refractivity contribution in [3.05, 3.63) is 62.8 Å². The van der Waals surface area contributed by atoms with Crippen LogP contribution in [0.2, 0.25) is 5.02 Å². The predicted octanol–water partition coefficient (Wildman–Crippen LogP) is 4.87. The Labute approximate surface area is 130 Å². The molecule has 0 heterocycles. The van der Waals surface area contributed by atoms with E-state index in [1.165, 1.54) is 6.07 Å². The highest BCUT2D eigenvalue weighted by molar-refractivity contribution is 9.10. The summed E-state index contributed by atoms with van der Waals surface area (Å²) < 4.78 is 19.8. The SMILES string of the molecule is C[C@@H](O)c1ccc(Br)cc1OCc1cccc(F)c1Cl.